The van der Waals surface area contributed by atoms with Gasteiger partial charge in [-0.25, -0.2) is 4.39 Å². The molecule has 164 valence electrons. The second-order valence-electron chi connectivity index (χ2n) is 7.88. The molecule has 0 saturated carbocycles. The average molecular weight is 444 g/mol. The van der Waals surface area contributed by atoms with Gasteiger partial charge in [0.05, 0.1) is 11.3 Å². The molecule has 1 fully saturated rings. The van der Waals surface area contributed by atoms with Gasteiger partial charge in [0.1, 0.15) is 18.2 Å². The minimum Gasteiger partial charge on any atom is -0.488 e. The van der Waals surface area contributed by atoms with Crippen LogP contribution < -0.4 is 15.0 Å². The van der Waals surface area contributed by atoms with Crippen LogP contribution >= 0.6 is 11.6 Å². The van der Waals surface area contributed by atoms with Crippen molar-refractivity contribution in [3.05, 3.63) is 64.4 Å². The summed E-state index contributed by atoms with van der Waals surface area (Å²) in [6, 6.07) is 12.4. The van der Waals surface area contributed by atoms with Gasteiger partial charge in [-0.3, -0.25) is 9.69 Å². The Morgan fingerprint density at radius 3 is 2.71 bits per heavy atom. The zero-order chi connectivity index (χ0) is 21.6. The van der Waals surface area contributed by atoms with Crippen molar-refractivity contribution in [2.45, 2.75) is 12.8 Å². The van der Waals surface area contributed by atoms with Gasteiger partial charge in [-0.15, -0.1) is 0 Å². The third kappa shape index (κ3) is 5.57. The highest BCUT2D eigenvalue weighted by Crippen LogP contribution is 2.29. The lowest BCUT2D eigenvalue weighted by molar-refractivity contribution is -0.117. The van der Waals surface area contributed by atoms with Gasteiger partial charge in [0, 0.05) is 43.3 Å². The largest absolute Gasteiger partial charge is 0.488 e. The van der Waals surface area contributed by atoms with E-state index in [0.29, 0.717) is 22.8 Å². The lowest BCUT2D eigenvalue weighted by Crippen LogP contribution is -2.47. The molecule has 4 rings (SSSR count). The van der Waals surface area contributed by atoms with E-state index in [1.54, 1.807) is 18.2 Å². The lowest BCUT2D eigenvalue weighted by Gasteiger charge is -2.36. The van der Waals surface area contributed by atoms with Crippen LogP contribution in [0.2, 0.25) is 5.02 Å². The van der Waals surface area contributed by atoms with Crippen molar-refractivity contribution in [3.8, 4) is 5.75 Å². The SMILES string of the molecule is O=C(NCCCCN1CCN(c2ccccc2F)CC1)C1=Cc2cc(Cl)ccc2OC1. The summed E-state index contributed by atoms with van der Waals surface area (Å²) in [5.41, 5.74) is 2.13. The highest BCUT2D eigenvalue weighted by atomic mass is 35.5. The molecule has 0 atom stereocenters. The molecule has 1 N–H and O–H groups in total. The zero-order valence-electron chi connectivity index (χ0n) is 17.4. The van der Waals surface area contributed by atoms with Crippen LogP contribution in [-0.2, 0) is 4.79 Å². The first-order valence-electron chi connectivity index (χ1n) is 10.7. The number of nitrogens with one attached hydrogen (secondary N) is 1. The van der Waals surface area contributed by atoms with Crippen molar-refractivity contribution < 1.29 is 13.9 Å². The Bertz CT molecular complexity index is 958. The molecule has 2 aromatic rings. The summed E-state index contributed by atoms with van der Waals surface area (Å²) in [5, 5.41) is 3.60. The summed E-state index contributed by atoms with van der Waals surface area (Å²) in [5.74, 6) is 0.497. The number of carbonyl (C=O) groups excluding carboxylic acids is 1. The molecule has 0 radical (unpaired) electrons. The minimum atomic E-state index is -0.156. The molecule has 0 spiro atoms. The predicted octanol–water partition coefficient (Wildman–Crippen LogP) is 3.97. The number of anilines is 1. The molecule has 0 aromatic heterocycles. The maximum Gasteiger partial charge on any atom is 0.250 e. The fourth-order valence-electron chi connectivity index (χ4n) is 3.98. The number of carbonyl (C=O) groups is 1. The average Bonchev–Trinajstić information content (AvgIpc) is 2.79. The molecule has 2 heterocycles. The van der Waals surface area contributed by atoms with Gasteiger partial charge in [0.15, 0.2) is 0 Å². The quantitative estimate of drug-likeness (QED) is 0.657. The lowest BCUT2D eigenvalue weighted by atomic mass is 10.1. The summed E-state index contributed by atoms with van der Waals surface area (Å²) in [7, 11) is 0. The Labute approximate surface area is 187 Å². The Kier molecular flexibility index (Phi) is 7.10. The van der Waals surface area contributed by atoms with Gasteiger partial charge < -0.3 is 15.0 Å². The summed E-state index contributed by atoms with van der Waals surface area (Å²) < 4.78 is 19.6. The van der Waals surface area contributed by atoms with E-state index in [4.69, 9.17) is 16.3 Å². The first-order valence-corrected chi connectivity index (χ1v) is 11.1. The summed E-state index contributed by atoms with van der Waals surface area (Å²) >= 11 is 6.02. The Morgan fingerprint density at radius 1 is 1.10 bits per heavy atom. The molecule has 0 aliphatic carbocycles. The van der Waals surface area contributed by atoms with E-state index in [2.05, 4.69) is 15.1 Å². The van der Waals surface area contributed by atoms with Gasteiger partial charge in [-0.1, -0.05) is 23.7 Å². The van der Waals surface area contributed by atoms with E-state index in [-0.39, 0.29) is 18.3 Å². The Morgan fingerprint density at radius 2 is 1.90 bits per heavy atom. The van der Waals surface area contributed by atoms with Crippen molar-refractivity contribution in [1.82, 2.24) is 10.2 Å². The molecule has 7 heteroatoms. The van der Waals surface area contributed by atoms with Crippen molar-refractivity contribution in [2.75, 3.05) is 50.8 Å². The molecular weight excluding hydrogens is 417 g/mol. The number of nitrogens with zero attached hydrogens (tertiary/aromatic N) is 2. The molecule has 2 aliphatic rings. The number of hydrogen-bond donors (Lipinski definition) is 1. The highest BCUT2D eigenvalue weighted by Gasteiger charge is 2.19. The van der Waals surface area contributed by atoms with Crippen LogP contribution in [0.1, 0.15) is 18.4 Å². The highest BCUT2D eigenvalue weighted by molar-refractivity contribution is 6.30. The Hall–Kier alpha value is -2.57. The van der Waals surface area contributed by atoms with Crippen LogP contribution in [0.4, 0.5) is 10.1 Å². The number of halogens is 2. The summed E-state index contributed by atoms with van der Waals surface area (Å²) in [6.07, 6.45) is 3.76. The van der Waals surface area contributed by atoms with Crippen LogP contribution in [0.5, 0.6) is 5.75 Å². The molecule has 2 aliphatic heterocycles. The molecule has 0 unspecified atom stereocenters. The molecular formula is C24H27ClFN3O2. The predicted molar refractivity (Wildman–Crippen MR) is 122 cm³/mol. The summed E-state index contributed by atoms with van der Waals surface area (Å²) in [4.78, 5) is 16.9. The van der Waals surface area contributed by atoms with Gasteiger partial charge in [-0.2, -0.15) is 0 Å². The number of hydrogen-bond acceptors (Lipinski definition) is 4. The van der Waals surface area contributed by atoms with Crippen LogP contribution in [0, 0.1) is 5.82 Å². The third-order valence-electron chi connectivity index (χ3n) is 5.73. The van der Waals surface area contributed by atoms with Crippen LogP contribution in [0.25, 0.3) is 6.08 Å². The number of unbranched alkanes of at least 4 members (excludes halogenated alkanes) is 1. The van der Waals surface area contributed by atoms with E-state index >= 15 is 0 Å². The second-order valence-corrected chi connectivity index (χ2v) is 8.32. The van der Waals surface area contributed by atoms with Gasteiger partial charge in [0.2, 0.25) is 0 Å². The molecule has 5 nitrogen and oxygen atoms in total. The molecule has 1 saturated heterocycles. The number of para-hydroxylation sites is 1. The van der Waals surface area contributed by atoms with Gasteiger partial charge in [-0.05, 0) is 55.8 Å². The number of rotatable bonds is 7. The normalized spacial score (nSPS) is 16.3. The number of fused-ring (bicyclic) bond motifs is 1. The standard InChI is InChI=1S/C24H27ClFN3O2/c25-20-7-8-23-18(16-20)15-19(17-31-23)24(30)27-9-3-4-10-28-11-13-29(14-12-28)22-6-2-1-5-21(22)26/h1-2,5-8,15-16H,3-4,9-14,17H2,(H,27,30). The fourth-order valence-corrected chi connectivity index (χ4v) is 4.16. The van der Waals surface area contributed by atoms with Gasteiger partial charge >= 0.3 is 0 Å². The fraction of sp³-hybridized carbons (Fsp3) is 0.375. The topological polar surface area (TPSA) is 44.8 Å². The number of amides is 1. The first-order chi connectivity index (χ1) is 15.1. The monoisotopic (exact) mass is 443 g/mol. The number of benzene rings is 2. The summed E-state index contributed by atoms with van der Waals surface area (Å²) in [6.45, 7) is 5.40. The first kappa shape index (κ1) is 21.7. The van der Waals surface area contributed by atoms with E-state index in [9.17, 15) is 9.18 Å². The van der Waals surface area contributed by atoms with Gasteiger partial charge in [0.25, 0.3) is 5.91 Å². The van der Waals surface area contributed by atoms with Crippen LogP contribution in [-0.4, -0.2) is 56.7 Å². The smallest absolute Gasteiger partial charge is 0.250 e. The maximum atomic E-state index is 13.9. The van der Waals surface area contributed by atoms with E-state index in [1.807, 2.05) is 24.3 Å². The zero-order valence-corrected chi connectivity index (χ0v) is 18.2. The van der Waals surface area contributed by atoms with Crippen molar-refractivity contribution in [3.63, 3.8) is 0 Å². The van der Waals surface area contributed by atoms with Crippen molar-refractivity contribution >= 4 is 29.3 Å². The molecule has 2 aromatic carbocycles. The minimum absolute atomic E-state index is 0.0934. The van der Waals surface area contributed by atoms with E-state index in [1.165, 1.54) is 6.07 Å². The van der Waals surface area contributed by atoms with Crippen molar-refractivity contribution in [2.24, 2.45) is 0 Å². The number of ether oxygens (including phenoxy) is 1. The Balaban J connectivity index is 1.15. The van der Waals surface area contributed by atoms with Crippen LogP contribution in [0.15, 0.2) is 48.0 Å². The maximum absolute atomic E-state index is 13.9. The molecule has 1 amide bonds. The van der Waals surface area contributed by atoms with Crippen LogP contribution in [0.3, 0.4) is 0 Å². The number of piperazine rings is 1. The van der Waals surface area contributed by atoms with E-state index < -0.39 is 0 Å². The third-order valence-corrected chi connectivity index (χ3v) is 5.96. The molecule has 0 bridgehead atoms. The van der Waals surface area contributed by atoms with Crippen molar-refractivity contribution in [1.29, 1.82) is 0 Å². The molecule has 31 heavy (non-hydrogen) atoms. The van der Waals surface area contributed by atoms with E-state index in [0.717, 1.165) is 56.9 Å². The second kappa shape index (κ2) is 10.2.